The molecule has 0 radical (unpaired) electrons. The maximum Gasteiger partial charge on any atom is 0.341 e. The van der Waals surface area contributed by atoms with Crippen LogP contribution < -0.4 is 10.2 Å². The number of nitrogens with zero attached hydrogens (tertiary/aromatic N) is 6. The van der Waals surface area contributed by atoms with Gasteiger partial charge in [0.15, 0.2) is 11.5 Å². The maximum absolute atomic E-state index is 12.0. The number of aromatic nitrogens is 5. The third kappa shape index (κ3) is 4.01. The first-order valence-electron chi connectivity index (χ1n) is 8.97. The summed E-state index contributed by atoms with van der Waals surface area (Å²) in [4.78, 5) is 24.4. The lowest BCUT2D eigenvalue weighted by molar-refractivity contribution is 0.0600. The van der Waals surface area contributed by atoms with Crippen LogP contribution in [0.3, 0.4) is 0 Å². The summed E-state index contributed by atoms with van der Waals surface area (Å²) >= 11 is 6.03. The van der Waals surface area contributed by atoms with Crippen LogP contribution in [0, 0.1) is 0 Å². The summed E-state index contributed by atoms with van der Waals surface area (Å²) in [6.07, 6.45) is 5.94. The quantitative estimate of drug-likeness (QED) is 0.212. The highest BCUT2D eigenvalue weighted by Gasteiger charge is 2.16. The molecule has 0 aliphatic heterocycles. The van der Waals surface area contributed by atoms with Crippen molar-refractivity contribution in [3.63, 3.8) is 0 Å². The van der Waals surface area contributed by atoms with Gasteiger partial charge in [-0.15, -0.1) is 0 Å². The summed E-state index contributed by atoms with van der Waals surface area (Å²) in [5.41, 5.74) is 4.79. The summed E-state index contributed by atoms with van der Waals surface area (Å²) in [7, 11) is 2.87. The standard InChI is InChI=1S/C20H16ClN7O3/c1-30-14-5-3-4-13(8-14)28-19-15(10-26-28)18(23-11-24-19)27-25-9-12-6-7-22-17(21)16(12)20(29)31-2/h3-11H,1-2H3,(H,23,24,27)/b25-9+. The van der Waals surface area contributed by atoms with Crippen LogP contribution in [0.25, 0.3) is 16.7 Å². The molecule has 156 valence electrons. The summed E-state index contributed by atoms with van der Waals surface area (Å²) < 4.78 is 11.7. The molecule has 0 amide bonds. The normalized spacial score (nSPS) is 11.1. The number of nitrogens with one attached hydrogen (secondary N) is 1. The SMILES string of the molecule is COC(=O)c1c(/C=N/Nc2ncnc3c2cnn3-c2cccc(OC)c2)ccnc1Cl. The average molecular weight is 438 g/mol. The average Bonchev–Trinajstić information content (AvgIpc) is 3.24. The van der Waals surface area contributed by atoms with E-state index < -0.39 is 5.97 Å². The van der Waals surface area contributed by atoms with E-state index in [1.807, 2.05) is 24.3 Å². The summed E-state index contributed by atoms with van der Waals surface area (Å²) in [6, 6.07) is 9.05. The summed E-state index contributed by atoms with van der Waals surface area (Å²) in [5, 5.41) is 9.26. The second-order valence-electron chi connectivity index (χ2n) is 6.14. The molecule has 0 saturated heterocycles. The van der Waals surface area contributed by atoms with Gasteiger partial charge in [-0.3, -0.25) is 5.43 Å². The largest absolute Gasteiger partial charge is 0.497 e. The van der Waals surface area contributed by atoms with Crippen LogP contribution in [0.4, 0.5) is 5.82 Å². The van der Waals surface area contributed by atoms with Gasteiger partial charge >= 0.3 is 5.97 Å². The number of methoxy groups -OCH3 is 2. The molecule has 0 spiro atoms. The Labute approximate surface area is 181 Å². The fourth-order valence-electron chi connectivity index (χ4n) is 2.89. The van der Waals surface area contributed by atoms with Crippen molar-refractivity contribution >= 4 is 40.6 Å². The number of fused-ring (bicyclic) bond motifs is 1. The Morgan fingerprint density at radius 3 is 2.90 bits per heavy atom. The van der Waals surface area contributed by atoms with Gasteiger partial charge in [0.05, 0.1) is 37.7 Å². The molecule has 3 aromatic heterocycles. The molecule has 0 aliphatic rings. The van der Waals surface area contributed by atoms with Crippen molar-refractivity contribution in [1.82, 2.24) is 24.7 Å². The number of pyridine rings is 1. The summed E-state index contributed by atoms with van der Waals surface area (Å²) in [6.45, 7) is 0. The van der Waals surface area contributed by atoms with Crippen molar-refractivity contribution in [1.29, 1.82) is 0 Å². The van der Waals surface area contributed by atoms with Crippen LogP contribution in [0.5, 0.6) is 5.75 Å². The molecule has 0 atom stereocenters. The van der Waals surface area contributed by atoms with Crippen molar-refractivity contribution in [2.75, 3.05) is 19.6 Å². The number of rotatable bonds is 6. The van der Waals surface area contributed by atoms with Gasteiger partial charge in [-0.2, -0.15) is 10.2 Å². The van der Waals surface area contributed by atoms with Crippen LogP contribution in [-0.2, 0) is 4.74 Å². The monoisotopic (exact) mass is 437 g/mol. The molecule has 0 bridgehead atoms. The van der Waals surface area contributed by atoms with Crippen LogP contribution in [0.1, 0.15) is 15.9 Å². The van der Waals surface area contributed by atoms with E-state index in [0.29, 0.717) is 28.2 Å². The molecule has 1 N–H and O–H groups in total. The number of hydrogen-bond acceptors (Lipinski definition) is 9. The Balaban J connectivity index is 1.64. The molecule has 11 heteroatoms. The predicted molar refractivity (Wildman–Crippen MR) is 115 cm³/mol. The Morgan fingerprint density at radius 2 is 2.10 bits per heavy atom. The smallest absolute Gasteiger partial charge is 0.341 e. The number of carbonyl (C=O) groups is 1. The number of carbonyl (C=O) groups excluding carboxylic acids is 1. The lowest BCUT2D eigenvalue weighted by Crippen LogP contribution is -2.08. The van der Waals surface area contributed by atoms with Crippen molar-refractivity contribution in [3.8, 4) is 11.4 Å². The Bertz CT molecular complexity index is 1290. The number of hydrogen-bond donors (Lipinski definition) is 1. The van der Waals surface area contributed by atoms with Crippen molar-refractivity contribution < 1.29 is 14.3 Å². The van der Waals surface area contributed by atoms with E-state index in [9.17, 15) is 4.79 Å². The topological polar surface area (TPSA) is 116 Å². The Kier molecular flexibility index (Phi) is 5.72. The highest BCUT2D eigenvalue weighted by molar-refractivity contribution is 6.33. The third-order valence-corrected chi connectivity index (χ3v) is 4.65. The second-order valence-corrected chi connectivity index (χ2v) is 6.50. The van der Waals surface area contributed by atoms with Crippen LogP contribution in [0.15, 0.2) is 54.2 Å². The van der Waals surface area contributed by atoms with Gasteiger partial charge in [-0.1, -0.05) is 17.7 Å². The highest BCUT2D eigenvalue weighted by Crippen LogP contribution is 2.24. The van der Waals surface area contributed by atoms with E-state index in [0.717, 1.165) is 5.69 Å². The first-order chi connectivity index (χ1) is 15.1. The minimum atomic E-state index is -0.608. The van der Waals surface area contributed by atoms with Crippen molar-refractivity contribution in [2.45, 2.75) is 0 Å². The number of benzene rings is 1. The number of hydrazone groups is 1. The van der Waals surface area contributed by atoms with Gasteiger partial charge in [-0.25, -0.2) is 24.4 Å². The van der Waals surface area contributed by atoms with Crippen LogP contribution >= 0.6 is 11.6 Å². The third-order valence-electron chi connectivity index (χ3n) is 4.36. The molecule has 3 heterocycles. The van der Waals surface area contributed by atoms with E-state index in [-0.39, 0.29) is 10.7 Å². The molecule has 31 heavy (non-hydrogen) atoms. The minimum Gasteiger partial charge on any atom is -0.497 e. The van der Waals surface area contributed by atoms with Gasteiger partial charge in [-0.05, 0) is 18.2 Å². The Morgan fingerprint density at radius 1 is 1.23 bits per heavy atom. The van der Waals surface area contributed by atoms with Gasteiger partial charge in [0.25, 0.3) is 0 Å². The minimum absolute atomic E-state index is 0.0276. The van der Waals surface area contributed by atoms with Gasteiger partial charge < -0.3 is 9.47 Å². The van der Waals surface area contributed by atoms with Crippen LogP contribution in [-0.4, -0.2) is 51.1 Å². The predicted octanol–water partition coefficient (Wildman–Crippen LogP) is 3.11. The number of halogens is 1. The lowest BCUT2D eigenvalue weighted by Gasteiger charge is -2.06. The number of ether oxygens (including phenoxy) is 2. The number of esters is 1. The fraction of sp³-hybridized carbons (Fsp3) is 0.100. The maximum atomic E-state index is 12.0. The molecular formula is C20H16ClN7O3. The molecule has 4 aromatic rings. The zero-order chi connectivity index (χ0) is 21.8. The molecule has 0 fully saturated rings. The zero-order valence-electron chi connectivity index (χ0n) is 16.5. The second kappa shape index (κ2) is 8.76. The molecule has 10 nitrogen and oxygen atoms in total. The molecule has 4 rings (SSSR count). The van der Waals surface area contributed by atoms with Gasteiger partial charge in [0.1, 0.15) is 22.8 Å². The first-order valence-corrected chi connectivity index (χ1v) is 9.35. The molecule has 1 aromatic carbocycles. The zero-order valence-corrected chi connectivity index (χ0v) is 17.2. The van der Waals surface area contributed by atoms with E-state index in [4.69, 9.17) is 21.1 Å². The Hall–Kier alpha value is -4.05. The van der Waals surface area contributed by atoms with E-state index in [1.165, 1.54) is 25.8 Å². The molecular weight excluding hydrogens is 422 g/mol. The van der Waals surface area contributed by atoms with Crippen molar-refractivity contribution in [3.05, 3.63) is 65.3 Å². The van der Waals surface area contributed by atoms with E-state index >= 15 is 0 Å². The van der Waals surface area contributed by atoms with E-state index in [1.54, 1.807) is 24.1 Å². The van der Waals surface area contributed by atoms with Gasteiger partial charge in [0, 0.05) is 17.8 Å². The highest BCUT2D eigenvalue weighted by atomic mass is 35.5. The van der Waals surface area contributed by atoms with Gasteiger partial charge in [0.2, 0.25) is 0 Å². The molecule has 0 aliphatic carbocycles. The summed E-state index contributed by atoms with van der Waals surface area (Å²) in [5.74, 6) is 0.536. The lowest BCUT2D eigenvalue weighted by atomic mass is 10.1. The molecule has 0 saturated carbocycles. The molecule has 0 unspecified atom stereocenters. The number of anilines is 1. The fourth-order valence-corrected chi connectivity index (χ4v) is 3.13. The van der Waals surface area contributed by atoms with Crippen LogP contribution in [0.2, 0.25) is 5.15 Å². The van der Waals surface area contributed by atoms with E-state index in [2.05, 4.69) is 30.6 Å². The first kappa shape index (κ1) is 20.2. The van der Waals surface area contributed by atoms with Crippen molar-refractivity contribution in [2.24, 2.45) is 5.10 Å².